The molecular weight excluding hydrogens is 428 g/mol. The fourth-order valence-electron chi connectivity index (χ4n) is 3.33. The third-order valence-corrected chi connectivity index (χ3v) is 6.43. The minimum Gasteiger partial charge on any atom is -0.352 e. The second kappa shape index (κ2) is 12.8. The lowest BCUT2D eigenvalue weighted by atomic mass is 10.1. The molecule has 2 atom stereocenters. The lowest BCUT2D eigenvalue weighted by Gasteiger charge is -2.31. The molecule has 0 bridgehead atoms. The van der Waals surface area contributed by atoms with Crippen LogP contribution in [0.5, 0.6) is 0 Å². The summed E-state index contributed by atoms with van der Waals surface area (Å²) in [6.07, 6.45) is 1.42. The summed E-state index contributed by atoms with van der Waals surface area (Å²) in [5, 5.41) is 3.74. The van der Waals surface area contributed by atoms with Crippen LogP contribution in [0.25, 0.3) is 0 Å². The fourth-order valence-corrected chi connectivity index (χ4v) is 4.40. The number of rotatable bonds is 11. The Morgan fingerprint density at radius 3 is 2.42 bits per heavy atom. The molecule has 2 aromatic carbocycles. The molecule has 0 heterocycles. The number of carbonyl (C=O) groups excluding carboxylic acids is 2. The van der Waals surface area contributed by atoms with E-state index in [-0.39, 0.29) is 17.9 Å². The van der Waals surface area contributed by atoms with Gasteiger partial charge in [-0.25, -0.2) is 0 Å². The molecule has 0 spiro atoms. The van der Waals surface area contributed by atoms with Crippen molar-refractivity contribution in [1.29, 1.82) is 0 Å². The Bertz CT molecular complexity index is 874. The maximum Gasteiger partial charge on any atom is 0.243 e. The van der Waals surface area contributed by atoms with Gasteiger partial charge in [0.15, 0.2) is 0 Å². The number of nitrogens with zero attached hydrogens (tertiary/aromatic N) is 1. The predicted octanol–water partition coefficient (Wildman–Crippen LogP) is 5.60. The van der Waals surface area contributed by atoms with Gasteiger partial charge < -0.3 is 10.2 Å². The summed E-state index contributed by atoms with van der Waals surface area (Å²) in [6.45, 7) is 8.43. The number of halogens is 1. The van der Waals surface area contributed by atoms with Crippen molar-refractivity contribution in [1.82, 2.24) is 10.2 Å². The van der Waals surface area contributed by atoms with Crippen LogP contribution in [0.1, 0.15) is 50.3 Å². The highest BCUT2D eigenvalue weighted by molar-refractivity contribution is 7.99. The van der Waals surface area contributed by atoms with Crippen LogP contribution < -0.4 is 5.32 Å². The maximum absolute atomic E-state index is 13.2. The van der Waals surface area contributed by atoms with Gasteiger partial charge in [-0.05, 0) is 49.9 Å². The molecule has 2 aromatic rings. The SMILES string of the molecule is CC[C@@H](C)NC(=O)[C@@H](CC)N(Cc1cccc(C)c1)C(=O)CSCc1cccc(Cl)c1. The van der Waals surface area contributed by atoms with Crippen LogP contribution in [0.4, 0.5) is 0 Å². The van der Waals surface area contributed by atoms with Crippen molar-refractivity contribution in [3.8, 4) is 0 Å². The van der Waals surface area contributed by atoms with Crippen molar-refractivity contribution in [2.75, 3.05) is 5.75 Å². The van der Waals surface area contributed by atoms with Crippen molar-refractivity contribution in [2.24, 2.45) is 0 Å². The summed E-state index contributed by atoms with van der Waals surface area (Å²) in [6, 6.07) is 15.3. The molecule has 0 aliphatic carbocycles. The van der Waals surface area contributed by atoms with Crippen molar-refractivity contribution >= 4 is 35.2 Å². The molecule has 0 aromatic heterocycles. The zero-order chi connectivity index (χ0) is 22.8. The van der Waals surface area contributed by atoms with Gasteiger partial charge in [0.2, 0.25) is 11.8 Å². The van der Waals surface area contributed by atoms with Gasteiger partial charge in [-0.15, -0.1) is 11.8 Å². The number of benzene rings is 2. The molecule has 0 fully saturated rings. The number of aryl methyl sites for hydroxylation is 1. The number of thioether (sulfide) groups is 1. The second-order valence-electron chi connectivity index (χ2n) is 7.88. The van der Waals surface area contributed by atoms with Gasteiger partial charge in [-0.1, -0.05) is 67.4 Å². The molecular formula is C25H33ClN2O2S. The Morgan fingerprint density at radius 2 is 1.77 bits per heavy atom. The second-order valence-corrected chi connectivity index (χ2v) is 9.30. The Morgan fingerprint density at radius 1 is 1.06 bits per heavy atom. The largest absolute Gasteiger partial charge is 0.352 e. The van der Waals surface area contributed by atoms with E-state index in [0.717, 1.165) is 23.1 Å². The minimum atomic E-state index is -0.492. The molecule has 0 radical (unpaired) electrons. The Kier molecular flexibility index (Phi) is 10.4. The van der Waals surface area contributed by atoms with Crippen LogP contribution in [0.3, 0.4) is 0 Å². The third kappa shape index (κ3) is 8.23. The van der Waals surface area contributed by atoms with Crippen LogP contribution in [0.2, 0.25) is 5.02 Å². The summed E-state index contributed by atoms with van der Waals surface area (Å²) in [7, 11) is 0. The van der Waals surface area contributed by atoms with Crippen molar-refractivity contribution in [3.63, 3.8) is 0 Å². The molecule has 2 amide bonds. The molecule has 4 nitrogen and oxygen atoms in total. The van der Waals surface area contributed by atoms with Gasteiger partial charge in [0, 0.05) is 23.4 Å². The number of amides is 2. The van der Waals surface area contributed by atoms with Gasteiger partial charge in [0.25, 0.3) is 0 Å². The van der Waals surface area contributed by atoms with Gasteiger partial charge in [-0.3, -0.25) is 9.59 Å². The van der Waals surface area contributed by atoms with Crippen LogP contribution >= 0.6 is 23.4 Å². The molecule has 0 unspecified atom stereocenters. The maximum atomic E-state index is 13.2. The lowest BCUT2D eigenvalue weighted by molar-refractivity contribution is -0.139. The summed E-state index contributed by atoms with van der Waals surface area (Å²) < 4.78 is 0. The first-order chi connectivity index (χ1) is 14.8. The first-order valence-electron chi connectivity index (χ1n) is 10.8. The molecule has 2 rings (SSSR count). The van der Waals surface area contributed by atoms with Crippen LogP contribution in [-0.2, 0) is 21.9 Å². The number of carbonyl (C=O) groups is 2. The lowest BCUT2D eigenvalue weighted by Crippen LogP contribution is -2.51. The highest BCUT2D eigenvalue weighted by atomic mass is 35.5. The summed E-state index contributed by atoms with van der Waals surface area (Å²) in [5.74, 6) is 0.892. The highest BCUT2D eigenvalue weighted by Gasteiger charge is 2.29. The smallest absolute Gasteiger partial charge is 0.243 e. The van der Waals surface area contributed by atoms with E-state index < -0.39 is 6.04 Å². The van der Waals surface area contributed by atoms with Crippen molar-refractivity contribution in [2.45, 2.75) is 64.9 Å². The molecule has 0 aliphatic rings. The van der Waals surface area contributed by atoms with Crippen LogP contribution in [0.15, 0.2) is 48.5 Å². The Balaban J connectivity index is 2.14. The van der Waals surface area contributed by atoms with E-state index in [1.54, 1.807) is 16.7 Å². The van der Waals surface area contributed by atoms with Crippen molar-refractivity contribution < 1.29 is 9.59 Å². The van der Waals surface area contributed by atoms with Crippen molar-refractivity contribution in [3.05, 3.63) is 70.2 Å². The van der Waals surface area contributed by atoms with E-state index in [1.807, 2.05) is 70.2 Å². The van der Waals surface area contributed by atoms with E-state index in [2.05, 4.69) is 11.4 Å². The standard InChI is InChI=1S/C25H33ClN2O2S/c1-5-19(4)27-25(30)23(6-2)28(15-20-10-7-9-18(3)13-20)24(29)17-31-16-21-11-8-12-22(26)14-21/h7-14,19,23H,5-6,15-17H2,1-4H3,(H,27,30)/t19-,23-/m1/s1. The van der Waals surface area contributed by atoms with E-state index in [9.17, 15) is 9.59 Å². The monoisotopic (exact) mass is 460 g/mol. The van der Waals surface area contributed by atoms with Gasteiger partial charge in [-0.2, -0.15) is 0 Å². The molecule has 0 saturated carbocycles. The summed E-state index contributed by atoms with van der Waals surface area (Å²) in [4.78, 5) is 27.9. The molecule has 0 aliphatic heterocycles. The molecule has 31 heavy (non-hydrogen) atoms. The average Bonchev–Trinajstić information content (AvgIpc) is 2.73. The predicted molar refractivity (Wildman–Crippen MR) is 131 cm³/mol. The topological polar surface area (TPSA) is 49.4 Å². The zero-order valence-corrected chi connectivity index (χ0v) is 20.4. The number of hydrogen-bond donors (Lipinski definition) is 1. The fraction of sp³-hybridized carbons (Fsp3) is 0.440. The number of hydrogen-bond acceptors (Lipinski definition) is 3. The van der Waals surface area contributed by atoms with E-state index in [0.29, 0.717) is 29.5 Å². The van der Waals surface area contributed by atoms with Gasteiger partial charge in [0.05, 0.1) is 5.75 Å². The first-order valence-corrected chi connectivity index (χ1v) is 12.3. The quantitative estimate of drug-likeness (QED) is 0.474. The highest BCUT2D eigenvalue weighted by Crippen LogP contribution is 2.19. The third-order valence-electron chi connectivity index (χ3n) is 5.21. The average molecular weight is 461 g/mol. The van der Waals surface area contributed by atoms with E-state index in [1.165, 1.54) is 0 Å². The van der Waals surface area contributed by atoms with Gasteiger partial charge >= 0.3 is 0 Å². The summed E-state index contributed by atoms with van der Waals surface area (Å²) in [5.41, 5.74) is 3.25. The Labute approximate surface area is 195 Å². The van der Waals surface area contributed by atoms with Crippen LogP contribution in [-0.4, -0.2) is 34.6 Å². The normalized spacial score (nSPS) is 12.8. The molecule has 0 saturated heterocycles. The first kappa shape index (κ1) is 25.3. The minimum absolute atomic E-state index is 0.0281. The summed E-state index contributed by atoms with van der Waals surface area (Å²) >= 11 is 7.60. The van der Waals surface area contributed by atoms with Gasteiger partial charge in [0.1, 0.15) is 6.04 Å². The van der Waals surface area contributed by atoms with E-state index >= 15 is 0 Å². The zero-order valence-electron chi connectivity index (χ0n) is 18.9. The molecule has 6 heteroatoms. The molecule has 168 valence electrons. The van der Waals surface area contributed by atoms with E-state index in [4.69, 9.17) is 11.6 Å². The number of nitrogens with one attached hydrogen (secondary N) is 1. The van der Waals surface area contributed by atoms with Crippen LogP contribution in [0, 0.1) is 6.92 Å². The molecule has 1 N–H and O–H groups in total. The Hall–Kier alpha value is -1.98.